The second kappa shape index (κ2) is 5.37. The number of hydrogen-bond acceptors (Lipinski definition) is 3. The minimum atomic E-state index is 0.513. The molecule has 2 nitrogen and oxygen atoms in total. The van der Waals surface area contributed by atoms with Gasteiger partial charge >= 0.3 is 0 Å². The average Bonchev–Trinajstić information content (AvgIpc) is 3.04. The van der Waals surface area contributed by atoms with Crippen LogP contribution in [-0.4, -0.2) is 9.97 Å². The summed E-state index contributed by atoms with van der Waals surface area (Å²) in [6.07, 6.45) is 6.06. The molecule has 2 unspecified atom stereocenters. The Morgan fingerprint density at radius 2 is 2.16 bits per heavy atom. The Bertz CT molecular complexity index is 593. The van der Waals surface area contributed by atoms with Crippen LogP contribution in [0.5, 0.6) is 0 Å². The lowest BCUT2D eigenvalue weighted by Crippen LogP contribution is -2.01. The Balaban J connectivity index is 1.96. The maximum Gasteiger partial charge on any atom is 0.141 e. The number of aromatic nitrogens is 2. The molecule has 2 heterocycles. The Kier molecular flexibility index (Phi) is 3.77. The van der Waals surface area contributed by atoms with Gasteiger partial charge in [-0.1, -0.05) is 31.9 Å². The second-order valence-electron chi connectivity index (χ2n) is 5.44. The highest BCUT2D eigenvalue weighted by molar-refractivity contribution is 7.18. The molecular formula is C15H19ClN2S. The summed E-state index contributed by atoms with van der Waals surface area (Å²) in [5, 5.41) is 1.66. The molecule has 1 saturated carbocycles. The predicted molar refractivity (Wildman–Crippen MR) is 82.2 cm³/mol. The van der Waals surface area contributed by atoms with E-state index in [2.05, 4.69) is 24.9 Å². The molecule has 0 bridgehead atoms. The van der Waals surface area contributed by atoms with Crippen LogP contribution in [0, 0.1) is 5.92 Å². The Labute approximate surface area is 123 Å². The van der Waals surface area contributed by atoms with Gasteiger partial charge in [-0.15, -0.1) is 11.3 Å². The summed E-state index contributed by atoms with van der Waals surface area (Å²) in [6, 6.07) is 2.13. The first-order chi connectivity index (χ1) is 9.21. The fourth-order valence-electron chi connectivity index (χ4n) is 2.99. The summed E-state index contributed by atoms with van der Waals surface area (Å²) in [6.45, 7) is 4.44. The third-order valence-corrected chi connectivity index (χ3v) is 5.71. The van der Waals surface area contributed by atoms with Gasteiger partial charge in [0.15, 0.2) is 0 Å². The highest BCUT2D eigenvalue weighted by atomic mass is 35.5. The molecule has 1 aliphatic rings. The van der Waals surface area contributed by atoms with E-state index in [0.717, 1.165) is 28.4 Å². The quantitative estimate of drug-likeness (QED) is 0.727. The van der Waals surface area contributed by atoms with Gasteiger partial charge in [-0.2, -0.15) is 0 Å². The topological polar surface area (TPSA) is 25.8 Å². The van der Waals surface area contributed by atoms with E-state index in [9.17, 15) is 0 Å². The number of thiophene rings is 1. The molecule has 0 N–H and O–H groups in total. The molecule has 0 amide bonds. The van der Waals surface area contributed by atoms with Crippen molar-refractivity contribution in [3.8, 4) is 0 Å². The van der Waals surface area contributed by atoms with Gasteiger partial charge in [-0.3, -0.25) is 0 Å². The number of fused-ring (bicyclic) bond motifs is 1. The zero-order chi connectivity index (χ0) is 13.4. The van der Waals surface area contributed by atoms with Gasteiger partial charge in [-0.05, 0) is 37.7 Å². The molecule has 19 heavy (non-hydrogen) atoms. The summed E-state index contributed by atoms with van der Waals surface area (Å²) in [5.74, 6) is 2.33. The highest BCUT2D eigenvalue weighted by Gasteiger charge is 2.27. The minimum Gasteiger partial charge on any atom is -0.222 e. The van der Waals surface area contributed by atoms with E-state index in [1.54, 1.807) is 11.3 Å². The van der Waals surface area contributed by atoms with Crippen LogP contribution in [0.3, 0.4) is 0 Å². The first-order valence-corrected chi connectivity index (χ1v) is 8.36. The Hall–Kier alpha value is -0.670. The standard InChI is InChI=1S/C15H19ClN2S/c1-3-9-5-6-10(7-9)14-17-13(16)12-8-11(4-2)19-15(12)18-14/h8-10H,3-7H2,1-2H3. The number of rotatable bonds is 3. The smallest absolute Gasteiger partial charge is 0.141 e. The average molecular weight is 295 g/mol. The molecule has 0 aliphatic heterocycles. The van der Waals surface area contributed by atoms with Crippen molar-refractivity contribution in [2.45, 2.75) is 51.9 Å². The summed E-state index contributed by atoms with van der Waals surface area (Å²) in [5.41, 5.74) is 0. The van der Waals surface area contributed by atoms with E-state index in [1.165, 1.54) is 30.6 Å². The number of halogens is 1. The molecule has 1 fully saturated rings. The van der Waals surface area contributed by atoms with Gasteiger partial charge in [0.1, 0.15) is 15.8 Å². The third kappa shape index (κ3) is 2.50. The normalized spacial score (nSPS) is 23.3. The summed E-state index contributed by atoms with van der Waals surface area (Å²) in [4.78, 5) is 11.7. The summed E-state index contributed by atoms with van der Waals surface area (Å²) in [7, 11) is 0. The van der Waals surface area contributed by atoms with E-state index in [4.69, 9.17) is 16.6 Å². The molecule has 102 valence electrons. The zero-order valence-corrected chi connectivity index (χ0v) is 13.0. The molecule has 0 aromatic carbocycles. The maximum atomic E-state index is 6.34. The molecule has 2 aromatic heterocycles. The van der Waals surface area contributed by atoms with E-state index < -0.39 is 0 Å². The van der Waals surface area contributed by atoms with Crippen LogP contribution in [-0.2, 0) is 6.42 Å². The van der Waals surface area contributed by atoms with E-state index in [0.29, 0.717) is 11.1 Å². The summed E-state index contributed by atoms with van der Waals surface area (Å²) >= 11 is 8.09. The van der Waals surface area contributed by atoms with Gasteiger partial charge in [0.25, 0.3) is 0 Å². The Morgan fingerprint density at radius 1 is 1.32 bits per heavy atom. The van der Waals surface area contributed by atoms with Crippen molar-refractivity contribution >= 4 is 33.2 Å². The SMILES string of the molecule is CCc1cc2c(Cl)nc(C3CCC(CC)C3)nc2s1. The van der Waals surface area contributed by atoms with Crippen molar-refractivity contribution < 1.29 is 0 Å². The van der Waals surface area contributed by atoms with Gasteiger partial charge in [0.2, 0.25) is 0 Å². The first kappa shape index (κ1) is 13.3. The molecule has 3 rings (SSSR count). The molecule has 0 spiro atoms. The number of aryl methyl sites for hydroxylation is 1. The lowest BCUT2D eigenvalue weighted by atomic mass is 10.0. The molecule has 0 saturated heterocycles. The van der Waals surface area contributed by atoms with E-state index in [-0.39, 0.29) is 0 Å². The molecule has 2 atom stereocenters. The lowest BCUT2D eigenvalue weighted by Gasteiger charge is -2.09. The van der Waals surface area contributed by atoms with Crippen molar-refractivity contribution in [1.29, 1.82) is 0 Å². The van der Waals surface area contributed by atoms with Gasteiger partial charge in [0, 0.05) is 16.2 Å². The highest BCUT2D eigenvalue weighted by Crippen LogP contribution is 2.40. The monoisotopic (exact) mass is 294 g/mol. The van der Waals surface area contributed by atoms with Crippen LogP contribution in [0.15, 0.2) is 6.07 Å². The molecule has 0 radical (unpaired) electrons. The van der Waals surface area contributed by atoms with Crippen molar-refractivity contribution in [1.82, 2.24) is 9.97 Å². The van der Waals surface area contributed by atoms with Crippen molar-refractivity contribution in [3.63, 3.8) is 0 Å². The molecule has 2 aromatic rings. The predicted octanol–water partition coefficient (Wildman–Crippen LogP) is 5.20. The van der Waals surface area contributed by atoms with Crippen LogP contribution in [0.4, 0.5) is 0 Å². The largest absolute Gasteiger partial charge is 0.222 e. The van der Waals surface area contributed by atoms with Gasteiger partial charge in [0.05, 0.1) is 0 Å². The second-order valence-corrected chi connectivity index (χ2v) is 6.92. The van der Waals surface area contributed by atoms with E-state index in [1.807, 2.05) is 0 Å². The molecule has 1 aliphatic carbocycles. The minimum absolute atomic E-state index is 0.513. The Morgan fingerprint density at radius 3 is 2.84 bits per heavy atom. The summed E-state index contributed by atoms with van der Waals surface area (Å²) < 4.78 is 0. The zero-order valence-electron chi connectivity index (χ0n) is 11.4. The maximum absolute atomic E-state index is 6.34. The van der Waals surface area contributed by atoms with Crippen molar-refractivity contribution in [3.05, 3.63) is 21.9 Å². The third-order valence-electron chi connectivity index (χ3n) is 4.25. The number of nitrogens with zero attached hydrogens (tertiary/aromatic N) is 2. The molecule has 4 heteroatoms. The fraction of sp³-hybridized carbons (Fsp3) is 0.600. The lowest BCUT2D eigenvalue weighted by molar-refractivity contribution is 0.517. The van der Waals surface area contributed by atoms with Gasteiger partial charge < -0.3 is 0 Å². The number of hydrogen-bond donors (Lipinski definition) is 0. The van der Waals surface area contributed by atoms with Crippen LogP contribution >= 0.6 is 22.9 Å². The van der Waals surface area contributed by atoms with Crippen LogP contribution < -0.4 is 0 Å². The fourth-order valence-corrected chi connectivity index (χ4v) is 4.25. The van der Waals surface area contributed by atoms with Crippen LogP contribution in [0.25, 0.3) is 10.2 Å². The van der Waals surface area contributed by atoms with Crippen molar-refractivity contribution in [2.24, 2.45) is 5.92 Å². The molecular weight excluding hydrogens is 276 g/mol. The van der Waals surface area contributed by atoms with Crippen molar-refractivity contribution in [2.75, 3.05) is 0 Å². The van der Waals surface area contributed by atoms with E-state index >= 15 is 0 Å². The van der Waals surface area contributed by atoms with Gasteiger partial charge in [-0.25, -0.2) is 9.97 Å². The van der Waals surface area contributed by atoms with Crippen LogP contribution in [0.1, 0.15) is 56.2 Å². The first-order valence-electron chi connectivity index (χ1n) is 7.17. The van der Waals surface area contributed by atoms with Crippen LogP contribution in [0.2, 0.25) is 5.15 Å².